The third-order valence-corrected chi connectivity index (χ3v) is 8.77. The zero-order valence-electron chi connectivity index (χ0n) is 18.2. The summed E-state index contributed by atoms with van der Waals surface area (Å²) < 4.78 is 11.5. The number of ketones is 1. The maximum atomic E-state index is 12.5. The molecule has 0 aromatic heterocycles. The second-order valence-corrected chi connectivity index (χ2v) is 14.0. The van der Waals surface area contributed by atoms with Gasteiger partial charge in [-0.05, 0) is 64.4 Å². The molecule has 1 amide bonds. The molecule has 0 heterocycles. The molecule has 0 saturated heterocycles. The van der Waals surface area contributed by atoms with Gasteiger partial charge in [0.2, 0.25) is 8.32 Å². The summed E-state index contributed by atoms with van der Waals surface area (Å²) in [6.07, 6.45) is 2.91. The number of nitrogens with zero attached hydrogens (tertiary/aromatic N) is 1. The van der Waals surface area contributed by atoms with Gasteiger partial charge in [-0.15, -0.1) is 0 Å². The lowest BCUT2D eigenvalue weighted by atomic mass is 10.2. The molecule has 6 heteroatoms. The molecule has 0 radical (unpaired) electrons. The van der Waals surface area contributed by atoms with Crippen LogP contribution in [0.5, 0.6) is 0 Å². The van der Waals surface area contributed by atoms with Crippen LogP contribution in [-0.2, 0) is 14.0 Å². The fourth-order valence-corrected chi connectivity index (χ4v) is 2.36. The zero-order valence-corrected chi connectivity index (χ0v) is 19.2. The first-order chi connectivity index (χ1) is 11.5. The predicted octanol–water partition coefficient (Wildman–Crippen LogP) is 5.29. The van der Waals surface area contributed by atoms with Crippen LogP contribution >= 0.6 is 0 Å². The molecule has 0 fully saturated rings. The minimum atomic E-state index is -1.92. The highest BCUT2D eigenvalue weighted by atomic mass is 28.4. The van der Waals surface area contributed by atoms with Gasteiger partial charge in [0.25, 0.3) is 0 Å². The lowest BCUT2D eigenvalue weighted by Gasteiger charge is -2.35. The highest BCUT2D eigenvalue weighted by Gasteiger charge is 2.38. The third kappa shape index (κ3) is 8.21. The standard InChI is InChI=1S/C20H37NO4Si/c1-15(2)17(22)14-21(18(23)25-19(4,5)6)16(3)12-13-24-26(10,11)20(7,8)9/h12-13,16H,1,14H2,2-11H3/t16-/m0/s1. The van der Waals surface area contributed by atoms with Crippen molar-refractivity contribution in [1.82, 2.24) is 4.90 Å². The summed E-state index contributed by atoms with van der Waals surface area (Å²) in [5, 5.41) is 0.0847. The van der Waals surface area contributed by atoms with Crippen LogP contribution in [0.25, 0.3) is 0 Å². The molecule has 0 aliphatic rings. The summed E-state index contributed by atoms with van der Waals surface area (Å²) in [4.78, 5) is 26.0. The first kappa shape index (κ1) is 24.4. The fraction of sp³-hybridized carbons (Fsp3) is 0.700. The van der Waals surface area contributed by atoms with E-state index in [-0.39, 0.29) is 23.4 Å². The Morgan fingerprint density at radius 1 is 1.15 bits per heavy atom. The van der Waals surface area contributed by atoms with Gasteiger partial charge in [-0.1, -0.05) is 27.4 Å². The molecule has 0 aliphatic carbocycles. The third-order valence-electron chi connectivity index (χ3n) is 4.44. The van der Waals surface area contributed by atoms with E-state index in [1.165, 1.54) is 4.90 Å². The Kier molecular flexibility index (Phi) is 8.35. The van der Waals surface area contributed by atoms with Crippen LogP contribution in [0.15, 0.2) is 24.5 Å². The van der Waals surface area contributed by atoms with Gasteiger partial charge in [-0.25, -0.2) is 4.79 Å². The van der Waals surface area contributed by atoms with E-state index in [0.29, 0.717) is 5.57 Å². The van der Waals surface area contributed by atoms with Crippen molar-refractivity contribution >= 4 is 20.2 Å². The number of hydrogen-bond donors (Lipinski definition) is 0. The Bertz CT molecular complexity index is 553. The minimum Gasteiger partial charge on any atom is -0.549 e. The Morgan fingerprint density at radius 3 is 2.04 bits per heavy atom. The maximum absolute atomic E-state index is 12.5. The van der Waals surface area contributed by atoms with E-state index in [0.717, 1.165) is 0 Å². The number of Topliss-reactive ketones (excluding diaryl/α,β-unsaturated/α-hetero) is 1. The molecule has 0 saturated carbocycles. The van der Waals surface area contributed by atoms with E-state index in [2.05, 4.69) is 40.4 Å². The topological polar surface area (TPSA) is 55.8 Å². The fourth-order valence-electron chi connectivity index (χ4n) is 1.59. The summed E-state index contributed by atoms with van der Waals surface area (Å²) >= 11 is 0. The largest absolute Gasteiger partial charge is 0.549 e. The maximum Gasteiger partial charge on any atom is 0.411 e. The average Bonchev–Trinajstić information content (AvgIpc) is 2.40. The second kappa shape index (κ2) is 8.89. The van der Waals surface area contributed by atoms with Gasteiger partial charge >= 0.3 is 6.09 Å². The van der Waals surface area contributed by atoms with Crippen molar-refractivity contribution in [2.75, 3.05) is 6.54 Å². The normalized spacial score (nSPS) is 14.1. The van der Waals surface area contributed by atoms with Crippen molar-refractivity contribution < 1.29 is 18.8 Å². The highest BCUT2D eigenvalue weighted by molar-refractivity contribution is 6.74. The van der Waals surface area contributed by atoms with Gasteiger partial charge < -0.3 is 9.16 Å². The number of amides is 1. The van der Waals surface area contributed by atoms with Gasteiger partial charge in [-0.2, -0.15) is 0 Å². The second-order valence-electron chi connectivity index (χ2n) is 9.26. The first-order valence-corrected chi connectivity index (χ1v) is 11.9. The Hall–Kier alpha value is -1.56. The van der Waals surface area contributed by atoms with Crippen LogP contribution in [0.2, 0.25) is 18.1 Å². The molecule has 0 unspecified atom stereocenters. The first-order valence-electron chi connectivity index (χ1n) is 9.01. The van der Waals surface area contributed by atoms with Crippen LogP contribution in [0.3, 0.4) is 0 Å². The summed E-state index contributed by atoms with van der Waals surface area (Å²) in [6.45, 7) is 23.2. The van der Waals surface area contributed by atoms with Gasteiger partial charge in [0.05, 0.1) is 18.8 Å². The Morgan fingerprint density at radius 2 is 1.65 bits per heavy atom. The molecule has 0 aromatic rings. The van der Waals surface area contributed by atoms with E-state index in [4.69, 9.17) is 9.16 Å². The van der Waals surface area contributed by atoms with Gasteiger partial charge in [0.1, 0.15) is 5.60 Å². The molecule has 0 spiro atoms. The van der Waals surface area contributed by atoms with Gasteiger partial charge in [0.15, 0.2) is 5.78 Å². The molecule has 0 aliphatic heterocycles. The van der Waals surface area contributed by atoms with Crippen LogP contribution in [0.4, 0.5) is 4.79 Å². The van der Waals surface area contributed by atoms with Crippen molar-refractivity contribution in [3.05, 3.63) is 24.5 Å². The van der Waals surface area contributed by atoms with Crippen molar-refractivity contribution in [2.24, 2.45) is 0 Å². The summed E-state index contributed by atoms with van der Waals surface area (Å²) in [5.74, 6) is -0.193. The van der Waals surface area contributed by atoms with Crippen LogP contribution in [0, 0.1) is 0 Å². The lowest BCUT2D eigenvalue weighted by molar-refractivity contribution is -0.117. The number of rotatable bonds is 7. The Labute approximate surface area is 160 Å². The molecule has 0 rings (SSSR count). The molecule has 150 valence electrons. The molecule has 0 bridgehead atoms. The molecule has 0 N–H and O–H groups in total. The van der Waals surface area contributed by atoms with E-state index >= 15 is 0 Å². The lowest BCUT2D eigenvalue weighted by Crippen LogP contribution is -2.44. The SMILES string of the molecule is C=C(C)C(=O)CN(C(=O)OC(C)(C)C)[C@@H](C)C=CO[Si](C)(C)C(C)(C)C. The summed E-state index contributed by atoms with van der Waals surface area (Å²) in [7, 11) is -1.92. The van der Waals surface area contributed by atoms with E-state index in [1.54, 1.807) is 40.0 Å². The van der Waals surface area contributed by atoms with E-state index in [1.807, 2.05) is 6.92 Å². The predicted molar refractivity (Wildman–Crippen MR) is 110 cm³/mol. The van der Waals surface area contributed by atoms with Crippen molar-refractivity contribution in [1.29, 1.82) is 0 Å². The van der Waals surface area contributed by atoms with Crippen molar-refractivity contribution in [3.8, 4) is 0 Å². The average molecular weight is 384 g/mol. The smallest absolute Gasteiger partial charge is 0.411 e. The van der Waals surface area contributed by atoms with E-state index in [9.17, 15) is 9.59 Å². The van der Waals surface area contributed by atoms with Crippen LogP contribution in [0.1, 0.15) is 55.4 Å². The summed E-state index contributed by atoms with van der Waals surface area (Å²) in [5.41, 5.74) is -0.227. The molecular weight excluding hydrogens is 346 g/mol. The molecule has 1 atom stereocenters. The monoisotopic (exact) mass is 383 g/mol. The van der Waals surface area contributed by atoms with Crippen molar-refractivity contribution in [3.63, 3.8) is 0 Å². The molecular formula is C20H37NO4Si. The van der Waals surface area contributed by atoms with Gasteiger partial charge in [-0.3, -0.25) is 9.69 Å². The number of carbonyl (C=O) groups excluding carboxylic acids is 2. The Balaban J connectivity index is 5.29. The highest BCUT2D eigenvalue weighted by Crippen LogP contribution is 2.36. The molecule has 5 nitrogen and oxygen atoms in total. The van der Waals surface area contributed by atoms with Crippen molar-refractivity contribution in [2.45, 2.75) is 85.2 Å². The quantitative estimate of drug-likeness (QED) is 0.340. The zero-order chi connectivity index (χ0) is 20.9. The van der Waals surface area contributed by atoms with Crippen LogP contribution in [-0.4, -0.2) is 43.3 Å². The van der Waals surface area contributed by atoms with E-state index < -0.39 is 20.0 Å². The molecule has 26 heavy (non-hydrogen) atoms. The number of ether oxygens (including phenoxy) is 1. The number of carbonyl (C=O) groups is 2. The number of hydrogen-bond acceptors (Lipinski definition) is 4. The summed E-state index contributed by atoms with van der Waals surface area (Å²) in [6, 6.07) is -0.349. The van der Waals surface area contributed by atoms with Gasteiger partial charge in [0, 0.05) is 0 Å². The van der Waals surface area contributed by atoms with Crippen LogP contribution < -0.4 is 0 Å². The molecule has 0 aromatic carbocycles. The minimum absolute atomic E-state index is 0.0736.